The molecule has 2 N–H and O–H groups in total. The molecule has 0 spiro atoms. The Morgan fingerprint density at radius 3 is 2.67 bits per heavy atom. The largest absolute Gasteiger partial charge is 0.327 e. The Kier molecular flexibility index (Phi) is 1.93. The van der Waals surface area contributed by atoms with Crippen LogP contribution >= 0.6 is 11.6 Å². The highest BCUT2D eigenvalue weighted by Gasteiger charge is 2.57. The molecule has 5 unspecified atom stereocenters. The first-order valence-corrected chi connectivity index (χ1v) is 5.44. The molecule has 12 heavy (non-hydrogen) atoms. The van der Waals surface area contributed by atoms with Crippen LogP contribution in [0.15, 0.2) is 0 Å². The van der Waals surface area contributed by atoms with Crippen molar-refractivity contribution >= 4 is 11.6 Å². The molecule has 3 rings (SSSR count). The van der Waals surface area contributed by atoms with E-state index in [1.165, 1.54) is 12.8 Å². The summed E-state index contributed by atoms with van der Waals surface area (Å²) < 4.78 is 0. The molecule has 5 atom stereocenters. The van der Waals surface area contributed by atoms with E-state index < -0.39 is 0 Å². The summed E-state index contributed by atoms with van der Waals surface area (Å²) >= 11 is 6.02. The molecule has 0 aliphatic heterocycles. The first kappa shape index (κ1) is 8.83. The number of nitrogens with two attached hydrogens (primary N) is 1. The van der Waals surface area contributed by atoms with Gasteiger partial charge in [-0.2, -0.15) is 0 Å². The van der Waals surface area contributed by atoms with Crippen molar-refractivity contribution in [3.63, 3.8) is 0 Å². The van der Waals surface area contributed by atoms with Crippen molar-refractivity contribution in [2.24, 2.45) is 28.9 Å². The molecule has 0 saturated heterocycles. The predicted octanol–water partition coefficient (Wildman–Crippen LogP) is 2.23. The average molecular weight is 188 g/mol. The summed E-state index contributed by atoms with van der Waals surface area (Å²) in [5, 5.41) is 0. The van der Waals surface area contributed by atoms with Gasteiger partial charge in [0.15, 0.2) is 0 Å². The number of rotatable bonds is 1. The highest BCUT2D eigenvalue weighted by molar-refractivity contribution is 6.18. The standard InChI is InChI=1S/C10H18ClN/c1-6-8-3-7(4-9(6)12)10(8,2)5-11/h6-9H,3-5,12H2,1-2H3. The zero-order chi connectivity index (χ0) is 8.93. The molecular weight excluding hydrogens is 170 g/mol. The predicted molar refractivity (Wildman–Crippen MR) is 52.2 cm³/mol. The van der Waals surface area contributed by atoms with Crippen molar-refractivity contribution in [3.8, 4) is 0 Å². The molecule has 2 bridgehead atoms. The molecule has 2 heteroatoms. The van der Waals surface area contributed by atoms with E-state index in [2.05, 4.69) is 13.8 Å². The number of halogens is 1. The average Bonchev–Trinajstić information content (AvgIpc) is 2.07. The van der Waals surface area contributed by atoms with E-state index in [-0.39, 0.29) is 0 Å². The van der Waals surface area contributed by atoms with E-state index >= 15 is 0 Å². The molecule has 0 radical (unpaired) electrons. The van der Waals surface area contributed by atoms with Crippen molar-refractivity contribution in [1.82, 2.24) is 0 Å². The van der Waals surface area contributed by atoms with Crippen LogP contribution in [0.1, 0.15) is 26.7 Å². The van der Waals surface area contributed by atoms with Gasteiger partial charge in [-0.05, 0) is 36.0 Å². The van der Waals surface area contributed by atoms with Crippen LogP contribution in [0.3, 0.4) is 0 Å². The topological polar surface area (TPSA) is 26.0 Å². The minimum absolute atomic E-state index is 0.414. The first-order valence-electron chi connectivity index (χ1n) is 4.91. The maximum absolute atomic E-state index is 6.03. The van der Waals surface area contributed by atoms with Crippen LogP contribution < -0.4 is 5.73 Å². The molecular formula is C10H18ClN. The number of hydrogen-bond acceptors (Lipinski definition) is 1. The monoisotopic (exact) mass is 187 g/mol. The molecule has 0 aromatic rings. The highest BCUT2D eigenvalue weighted by atomic mass is 35.5. The molecule has 3 saturated carbocycles. The van der Waals surface area contributed by atoms with Crippen molar-refractivity contribution in [2.75, 3.05) is 5.88 Å². The van der Waals surface area contributed by atoms with Gasteiger partial charge >= 0.3 is 0 Å². The smallest absolute Gasteiger partial charge is 0.0282 e. The van der Waals surface area contributed by atoms with E-state index in [9.17, 15) is 0 Å². The summed E-state index contributed by atoms with van der Waals surface area (Å²) in [4.78, 5) is 0. The Hall–Kier alpha value is 0.250. The first-order chi connectivity index (χ1) is 5.59. The van der Waals surface area contributed by atoms with Gasteiger partial charge in [-0.25, -0.2) is 0 Å². The van der Waals surface area contributed by atoms with Gasteiger partial charge < -0.3 is 5.73 Å². The van der Waals surface area contributed by atoms with Crippen LogP contribution in [-0.2, 0) is 0 Å². The third kappa shape index (κ3) is 0.898. The third-order valence-electron chi connectivity index (χ3n) is 4.47. The minimum Gasteiger partial charge on any atom is -0.327 e. The lowest BCUT2D eigenvalue weighted by Gasteiger charge is -2.62. The van der Waals surface area contributed by atoms with Gasteiger partial charge in [-0.3, -0.25) is 0 Å². The normalized spacial score (nSPS) is 58.0. The van der Waals surface area contributed by atoms with E-state index in [1.807, 2.05) is 0 Å². The van der Waals surface area contributed by atoms with Crippen molar-refractivity contribution in [1.29, 1.82) is 0 Å². The van der Waals surface area contributed by atoms with Crippen LogP contribution in [0.25, 0.3) is 0 Å². The van der Waals surface area contributed by atoms with Gasteiger partial charge in [0.1, 0.15) is 0 Å². The van der Waals surface area contributed by atoms with Crippen LogP contribution in [-0.4, -0.2) is 11.9 Å². The quantitative estimate of drug-likeness (QED) is 0.627. The van der Waals surface area contributed by atoms with Gasteiger partial charge in [0.05, 0.1) is 0 Å². The SMILES string of the molecule is CC1C(N)CC2CC1C2(C)CCl. The lowest BCUT2D eigenvalue weighted by molar-refractivity contribution is -0.105. The Morgan fingerprint density at radius 1 is 1.50 bits per heavy atom. The highest BCUT2D eigenvalue weighted by Crippen LogP contribution is 2.61. The second-order valence-corrected chi connectivity index (χ2v) is 5.20. The van der Waals surface area contributed by atoms with Gasteiger partial charge in [-0.1, -0.05) is 13.8 Å². The zero-order valence-electron chi connectivity index (χ0n) is 7.89. The lowest BCUT2D eigenvalue weighted by atomic mass is 9.45. The molecule has 70 valence electrons. The number of fused-ring (bicyclic) bond motifs is 2. The minimum atomic E-state index is 0.414. The Balaban J connectivity index is 2.16. The van der Waals surface area contributed by atoms with Gasteiger partial charge in [-0.15, -0.1) is 11.6 Å². The Labute approximate surface area is 79.7 Å². The third-order valence-corrected chi connectivity index (χ3v) is 5.05. The van der Waals surface area contributed by atoms with Gasteiger partial charge in [0.2, 0.25) is 0 Å². The molecule has 3 fully saturated rings. The Morgan fingerprint density at radius 2 is 2.17 bits per heavy atom. The fraction of sp³-hybridized carbons (Fsp3) is 1.00. The summed E-state index contributed by atoms with van der Waals surface area (Å²) in [6.07, 6.45) is 2.57. The molecule has 0 aromatic heterocycles. The molecule has 3 aliphatic carbocycles. The van der Waals surface area contributed by atoms with Crippen molar-refractivity contribution in [3.05, 3.63) is 0 Å². The number of alkyl halides is 1. The summed E-state index contributed by atoms with van der Waals surface area (Å²) in [5.74, 6) is 3.10. The maximum Gasteiger partial charge on any atom is 0.0282 e. The van der Waals surface area contributed by atoms with Gasteiger partial charge in [0, 0.05) is 11.9 Å². The summed E-state index contributed by atoms with van der Waals surface area (Å²) in [7, 11) is 0. The molecule has 1 nitrogen and oxygen atoms in total. The zero-order valence-corrected chi connectivity index (χ0v) is 8.64. The molecule has 0 amide bonds. The Bertz CT molecular complexity index is 194. The van der Waals surface area contributed by atoms with E-state index in [1.54, 1.807) is 0 Å². The van der Waals surface area contributed by atoms with Crippen LogP contribution in [0.4, 0.5) is 0 Å². The molecule has 3 aliphatic rings. The maximum atomic E-state index is 6.03. The molecule has 0 heterocycles. The van der Waals surface area contributed by atoms with Crippen molar-refractivity contribution < 1.29 is 0 Å². The van der Waals surface area contributed by atoms with E-state index in [4.69, 9.17) is 17.3 Å². The van der Waals surface area contributed by atoms with E-state index in [0.29, 0.717) is 17.4 Å². The van der Waals surface area contributed by atoms with Crippen LogP contribution in [0, 0.1) is 23.2 Å². The fourth-order valence-corrected chi connectivity index (χ4v) is 3.63. The van der Waals surface area contributed by atoms with Crippen LogP contribution in [0.5, 0.6) is 0 Å². The molecule has 0 aromatic carbocycles. The van der Waals surface area contributed by atoms with Crippen LogP contribution in [0.2, 0.25) is 0 Å². The van der Waals surface area contributed by atoms with E-state index in [0.717, 1.165) is 17.7 Å². The lowest BCUT2D eigenvalue weighted by Crippen LogP contribution is -2.61. The summed E-state index contributed by atoms with van der Waals surface area (Å²) in [5.41, 5.74) is 6.45. The second-order valence-electron chi connectivity index (χ2n) is 4.94. The van der Waals surface area contributed by atoms with Gasteiger partial charge in [0.25, 0.3) is 0 Å². The summed E-state index contributed by atoms with van der Waals surface area (Å²) in [6.45, 7) is 4.62. The summed E-state index contributed by atoms with van der Waals surface area (Å²) in [6, 6.07) is 0.435. The number of hydrogen-bond donors (Lipinski definition) is 1. The second kappa shape index (κ2) is 2.62. The fourth-order valence-electron chi connectivity index (χ4n) is 3.22. The van der Waals surface area contributed by atoms with Crippen molar-refractivity contribution in [2.45, 2.75) is 32.7 Å².